The van der Waals surface area contributed by atoms with E-state index in [2.05, 4.69) is 16.9 Å². The number of thioether (sulfide) groups is 1. The van der Waals surface area contributed by atoms with Gasteiger partial charge in [0.1, 0.15) is 5.60 Å². The molecule has 0 saturated heterocycles. The molecule has 2 N–H and O–H groups in total. The summed E-state index contributed by atoms with van der Waals surface area (Å²) in [7, 11) is 0. The van der Waals surface area contributed by atoms with E-state index in [4.69, 9.17) is 4.74 Å². The van der Waals surface area contributed by atoms with Crippen LogP contribution in [0.25, 0.3) is 0 Å². The minimum absolute atomic E-state index is 0.342. The third kappa shape index (κ3) is 6.17. The van der Waals surface area contributed by atoms with Crippen molar-refractivity contribution in [1.82, 2.24) is 10.6 Å². The van der Waals surface area contributed by atoms with Crippen LogP contribution in [0.1, 0.15) is 33.6 Å². The Balaban J connectivity index is 1.99. The van der Waals surface area contributed by atoms with Gasteiger partial charge in [0.15, 0.2) is 0 Å². The molecule has 1 saturated carbocycles. The molecule has 1 aliphatic carbocycles. The van der Waals surface area contributed by atoms with Crippen LogP contribution in [0.2, 0.25) is 0 Å². The molecular weight excluding hydrogens is 236 g/mol. The lowest BCUT2D eigenvalue weighted by Crippen LogP contribution is -2.38. The van der Waals surface area contributed by atoms with Gasteiger partial charge in [-0.15, -0.1) is 0 Å². The standard InChI is InChI=1S/C12H24N2O2S/c1-11(2,3)16-10(15)14-8-7-13-9-12(17-4)5-6-12/h13H,5-9H2,1-4H3,(H,14,15). The van der Waals surface area contributed by atoms with E-state index >= 15 is 0 Å². The molecule has 0 heterocycles. The predicted molar refractivity (Wildman–Crippen MR) is 72.6 cm³/mol. The maximum atomic E-state index is 11.3. The van der Waals surface area contributed by atoms with E-state index in [0.717, 1.165) is 13.1 Å². The van der Waals surface area contributed by atoms with E-state index in [0.29, 0.717) is 11.3 Å². The second kappa shape index (κ2) is 5.96. The molecule has 17 heavy (non-hydrogen) atoms. The molecule has 0 spiro atoms. The zero-order chi connectivity index (χ0) is 12.9. The Labute approximate surface area is 108 Å². The highest BCUT2D eigenvalue weighted by Crippen LogP contribution is 2.46. The van der Waals surface area contributed by atoms with Crippen molar-refractivity contribution in [2.24, 2.45) is 0 Å². The third-order valence-corrected chi connectivity index (χ3v) is 4.08. The maximum absolute atomic E-state index is 11.3. The first-order valence-electron chi connectivity index (χ1n) is 6.10. The average Bonchev–Trinajstić information content (AvgIpc) is 2.95. The number of carbonyl (C=O) groups excluding carboxylic acids is 1. The van der Waals surface area contributed by atoms with Gasteiger partial charge >= 0.3 is 6.09 Å². The van der Waals surface area contributed by atoms with Gasteiger partial charge < -0.3 is 15.4 Å². The molecule has 0 bridgehead atoms. The van der Waals surface area contributed by atoms with Gasteiger partial charge in [0.2, 0.25) is 0 Å². The Kier molecular flexibility index (Phi) is 5.13. The van der Waals surface area contributed by atoms with E-state index < -0.39 is 5.60 Å². The van der Waals surface area contributed by atoms with E-state index in [1.807, 2.05) is 32.5 Å². The minimum atomic E-state index is -0.422. The fourth-order valence-corrected chi connectivity index (χ4v) is 2.23. The largest absolute Gasteiger partial charge is 0.444 e. The summed E-state index contributed by atoms with van der Waals surface area (Å²) in [5.41, 5.74) is -0.422. The predicted octanol–water partition coefficient (Wildman–Crippen LogP) is 2.00. The highest BCUT2D eigenvalue weighted by atomic mass is 32.2. The molecule has 4 nitrogen and oxygen atoms in total. The molecule has 0 aliphatic heterocycles. The van der Waals surface area contributed by atoms with Crippen molar-refractivity contribution in [2.45, 2.75) is 44.0 Å². The molecular formula is C12H24N2O2S. The number of amides is 1. The van der Waals surface area contributed by atoms with Crippen LogP contribution in [0.5, 0.6) is 0 Å². The van der Waals surface area contributed by atoms with E-state index in [1.54, 1.807) is 0 Å². The molecule has 0 aromatic rings. The van der Waals surface area contributed by atoms with Gasteiger partial charge in [0.05, 0.1) is 0 Å². The number of ether oxygens (including phenoxy) is 1. The molecule has 1 aliphatic rings. The molecule has 0 aromatic carbocycles. The lowest BCUT2D eigenvalue weighted by molar-refractivity contribution is 0.0528. The molecule has 5 heteroatoms. The Hall–Kier alpha value is -0.420. The van der Waals surface area contributed by atoms with E-state index in [1.165, 1.54) is 12.8 Å². The molecule has 0 atom stereocenters. The molecule has 100 valence electrons. The Morgan fingerprint density at radius 1 is 1.35 bits per heavy atom. The van der Waals surface area contributed by atoms with Gasteiger partial charge in [-0.1, -0.05) is 0 Å². The minimum Gasteiger partial charge on any atom is -0.444 e. The summed E-state index contributed by atoms with van der Waals surface area (Å²) in [6.45, 7) is 8.02. The van der Waals surface area contributed by atoms with Crippen molar-refractivity contribution >= 4 is 17.9 Å². The van der Waals surface area contributed by atoms with Gasteiger partial charge in [0, 0.05) is 24.4 Å². The van der Waals surface area contributed by atoms with Gasteiger partial charge in [-0.2, -0.15) is 11.8 Å². The number of nitrogens with one attached hydrogen (secondary N) is 2. The number of carbonyl (C=O) groups is 1. The zero-order valence-electron chi connectivity index (χ0n) is 11.3. The number of hydrogen-bond acceptors (Lipinski definition) is 4. The third-order valence-electron chi connectivity index (χ3n) is 2.66. The summed E-state index contributed by atoms with van der Waals surface area (Å²) in [5.74, 6) is 0. The monoisotopic (exact) mass is 260 g/mol. The van der Waals surface area contributed by atoms with Crippen molar-refractivity contribution in [3.8, 4) is 0 Å². The summed E-state index contributed by atoms with van der Waals surface area (Å²) < 4.78 is 5.61. The highest BCUT2D eigenvalue weighted by Gasteiger charge is 2.41. The fraction of sp³-hybridized carbons (Fsp3) is 0.917. The van der Waals surface area contributed by atoms with Crippen LogP contribution in [0, 0.1) is 0 Å². The molecule has 0 aromatic heterocycles. The first-order valence-corrected chi connectivity index (χ1v) is 7.32. The zero-order valence-corrected chi connectivity index (χ0v) is 12.1. The number of rotatable bonds is 6. The summed E-state index contributed by atoms with van der Waals surface area (Å²) in [4.78, 5) is 11.3. The van der Waals surface area contributed by atoms with Crippen LogP contribution in [-0.2, 0) is 4.74 Å². The van der Waals surface area contributed by atoms with Crippen molar-refractivity contribution in [2.75, 3.05) is 25.9 Å². The Morgan fingerprint density at radius 3 is 2.47 bits per heavy atom. The number of alkyl carbamates (subject to hydrolysis) is 1. The lowest BCUT2D eigenvalue weighted by atomic mass is 10.2. The van der Waals surface area contributed by atoms with Crippen molar-refractivity contribution in [3.05, 3.63) is 0 Å². The number of hydrogen-bond donors (Lipinski definition) is 2. The van der Waals surface area contributed by atoms with Gasteiger partial charge in [0.25, 0.3) is 0 Å². The first-order chi connectivity index (χ1) is 7.87. The van der Waals surface area contributed by atoms with E-state index in [-0.39, 0.29) is 6.09 Å². The molecule has 0 unspecified atom stereocenters. The molecule has 1 rings (SSSR count). The lowest BCUT2D eigenvalue weighted by Gasteiger charge is -2.20. The van der Waals surface area contributed by atoms with Crippen LogP contribution in [-0.4, -0.2) is 42.3 Å². The van der Waals surface area contributed by atoms with Gasteiger partial charge in [-0.05, 0) is 39.9 Å². The van der Waals surface area contributed by atoms with Crippen LogP contribution in [0.15, 0.2) is 0 Å². The average molecular weight is 260 g/mol. The second-order valence-corrected chi connectivity index (χ2v) is 6.77. The summed E-state index contributed by atoms with van der Waals surface area (Å²) in [6, 6.07) is 0. The normalized spacial score (nSPS) is 17.6. The topological polar surface area (TPSA) is 50.4 Å². The van der Waals surface area contributed by atoms with Crippen molar-refractivity contribution in [1.29, 1.82) is 0 Å². The van der Waals surface area contributed by atoms with Crippen LogP contribution in [0.3, 0.4) is 0 Å². The van der Waals surface area contributed by atoms with Crippen LogP contribution >= 0.6 is 11.8 Å². The van der Waals surface area contributed by atoms with E-state index in [9.17, 15) is 4.79 Å². The molecule has 1 amide bonds. The second-order valence-electron chi connectivity index (χ2n) is 5.49. The fourth-order valence-electron chi connectivity index (χ4n) is 1.48. The summed E-state index contributed by atoms with van der Waals surface area (Å²) in [5, 5.41) is 6.10. The van der Waals surface area contributed by atoms with Gasteiger partial charge in [-0.25, -0.2) is 4.79 Å². The van der Waals surface area contributed by atoms with Crippen molar-refractivity contribution < 1.29 is 9.53 Å². The quantitative estimate of drug-likeness (QED) is 0.717. The Bertz CT molecular complexity index is 260. The van der Waals surface area contributed by atoms with Crippen LogP contribution < -0.4 is 10.6 Å². The van der Waals surface area contributed by atoms with Crippen molar-refractivity contribution in [3.63, 3.8) is 0 Å². The Morgan fingerprint density at radius 2 is 2.00 bits per heavy atom. The first kappa shape index (κ1) is 14.6. The molecule has 0 radical (unpaired) electrons. The molecule has 1 fully saturated rings. The summed E-state index contributed by atoms with van der Waals surface area (Å²) in [6.07, 6.45) is 4.43. The SMILES string of the molecule is CSC1(CNCCNC(=O)OC(C)(C)C)CC1. The van der Waals surface area contributed by atoms with Gasteiger partial charge in [-0.3, -0.25) is 0 Å². The summed E-state index contributed by atoms with van der Waals surface area (Å²) >= 11 is 1.94. The highest BCUT2D eigenvalue weighted by molar-refractivity contribution is 8.00. The van der Waals surface area contributed by atoms with Crippen LogP contribution in [0.4, 0.5) is 4.79 Å². The smallest absolute Gasteiger partial charge is 0.407 e. The maximum Gasteiger partial charge on any atom is 0.407 e.